The molecule has 18 heavy (non-hydrogen) atoms. The molecule has 1 heterocycles. The van der Waals surface area contributed by atoms with Crippen molar-refractivity contribution < 1.29 is 5.11 Å². The maximum Gasteiger partial charge on any atom is 0.0434 e. The van der Waals surface area contributed by atoms with Gasteiger partial charge in [0, 0.05) is 19.7 Å². The van der Waals surface area contributed by atoms with E-state index in [1.54, 1.807) is 0 Å². The van der Waals surface area contributed by atoms with E-state index in [2.05, 4.69) is 17.5 Å². The summed E-state index contributed by atoms with van der Waals surface area (Å²) in [5.74, 6) is 1.78. The number of thiol groups is 1. The van der Waals surface area contributed by atoms with E-state index in [0.29, 0.717) is 12.0 Å². The minimum absolute atomic E-state index is 0.357. The van der Waals surface area contributed by atoms with Gasteiger partial charge in [-0.15, -0.1) is 0 Å². The number of rotatable bonds is 5. The first-order chi connectivity index (χ1) is 8.78. The van der Waals surface area contributed by atoms with Gasteiger partial charge in [-0.3, -0.25) is 0 Å². The molecule has 0 spiro atoms. The lowest BCUT2D eigenvalue weighted by molar-refractivity contribution is 0.167. The van der Waals surface area contributed by atoms with E-state index < -0.39 is 0 Å². The molecule has 1 atom stereocenters. The number of nitrogens with zero attached hydrogens (tertiary/aromatic N) is 1. The molecular formula is C15H29NOS. The molecule has 1 aliphatic heterocycles. The molecule has 0 aromatic carbocycles. The molecule has 3 heteroatoms. The Labute approximate surface area is 118 Å². The van der Waals surface area contributed by atoms with E-state index in [9.17, 15) is 0 Å². The average molecular weight is 271 g/mol. The van der Waals surface area contributed by atoms with Gasteiger partial charge in [0.15, 0.2) is 0 Å². The fourth-order valence-corrected chi connectivity index (χ4v) is 4.21. The quantitative estimate of drug-likeness (QED) is 0.593. The van der Waals surface area contributed by atoms with Gasteiger partial charge in [0.1, 0.15) is 0 Å². The van der Waals surface area contributed by atoms with Crippen LogP contribution in [0.4, 0.5) is 0 Å². The Morgan fingerprint density at radius 3 is 2.50 bits per heavy atom. The maximum atomic E-state index is 9.04. The first-order valence-electron chi connectivity index (χ1n) is 7.72. The van der Waals surface area contributed by atoms with Gasteiger partial charge >= 0.3 is 0 Å². The van der Waals surface area contributed by atoms with Crippen molar-refractivity contribution in [2.75, 3.05) is 32.0 Å². The summed E-state index contributed by atoms with van der Waals surface area (Å²) < 4.78 is 0. The molecule has 1 unspecified atom stereocenters. The van der Waals surface area contributed by atoms with Crippen LogP contribution in [0, 0.1) is 11.3 Å². The summed E-state index contributed by atoms with van der Waals surface area (Å²) >= 11 is 4.67. The van der Waals surface area contributed by atoms with Crippen molar-refractivity contribution >= 4 is 12.6 Å². The monoisotopic (exact) mass is 271 g/mol. The zero-order chi connectivity index (χ0) is 12.8. The van der Waals surface area contributed by atoms with Gasteiger partial charge in [0.05, 0.1) is 0 Å². The third-order valence-electron chi connectivity index (χ3n) is 4.97. The lowest BCUT2D eigenvalue weighted by Gasteiger charge is -2.35. The molecule has 0 aromatic rings. The predicted octanol–water partition coefficient (Wildman–Crippen LogP) is 2.96. The van der Waals surface area contributed by atoms with E-state index in [1.165, 1.54) is 64.6 Å². The summed E-state index contributed by atoms with van der Waals surface area (Å²) in [6.07, 6.45) is 10.6. The van der Waals surface area contributed by atoms with E-state index in [0.717, 1.165) is 18.1 Å². The van der Waals surface area contributed by atoms with Crippen LogP contribution >= 0.6 is 12.6 Å². The van der Waals surface area contributed by atoms with Crippen molar-refractivity contribution in [3.8, 4) is 0 Å². The number of hydrogen-bond donors (Lipinski definition) is 2. The molecule has 0 bridgehead atoms. The van der Waals surface area contributed by atoms with Crippen LogP contribution in [-0.2, 0) is 0 Å². The number of aliphatic hydroxyl groups excluding tert-OH is 1. The van der Waals surface area contributed by atoms with Gasteiger partial charge in [-0.1, -0.05) is 25.7 Å². The Hall–Kier alpha value is 0.270. The van der Waals surface area contributed by atoms with Crippen LogP contribution in [0.5, 0.6) is 0 Å². The third kappa shape index (κ3) is 3.88. The highest BCUT2D eigenvalue weighted by atomic mass is 32.1. The second-order valence-electron chi connectivity index (χ2n) is 6.47. The molecule has 0 amide bonds. The van der Waals surface area contributed by atoms with Gasteiger partial charge in [0.25, 0.3) is 0 Å². The minimum atomic E-state index is 0.357. The molecule has 0 aromatic heterocycles. The first-order valence-corrected chi connectivity index (χ1v) is 8.35. The number of likely N-dealkylation sites (tertiary alicyclic amines) is 1. The van der Waals surface area contributed by atoms with Crippen LogP contribution in [0.25, 0.3) is 0 Å². The molecule has 1 saturated carbocycles. The van der Waals surface area contributed by atoms with Crippen LogP contribution < -0.4 is 0 Å². The second kappa shape index (κ2) is 7.16. The summed E-state index contributed by atoms with van der Waals surface area (Å²) in [5, 5.41) is 9.04. The summed E-state index contributed by atoms with van der Waals surface area (Å²) in [6.45, 7) is 4.05. The van der Waals surface area contributed by atoms with Crippen molar-refractivity contribution in [1.29, 1.82) is 0 Å². The highest BCUT2D eigenvalue weighted by Crippen LogP contribution is 2.38. The largest absolute Gasteiger partial charge is 0.396 e. The van der Waals surface area contributed by atoms with E-state index in [1.807, 2.05) is 0 Å². The molecular weight excluding hydrogens is 242 g/mol. The zero-order valence-electron chi connectivity index (χ0n) is 11.6. The van der Waals surface area contributed by atoms with Gasteiger partial charge < -0.3 is 10.0 Å². The number of aliphatic hydroxyl groups is 1. The maximum absolute atomic E-state index is 9.04. The van der Waals surface area contributed by atoms with Gasteiger partial charge in [-0.05, 0) is 49.3 Å². The molecule has 2 aliphatic rings. The molecule has 106 valence electrons. The number of hydrogen-bond acceptors (Lipinski definition) is 3. The summed E-state index contributed by atoms with van der Waals surface area (Å²) in [7, 11) is 0. The standard InChI is InChI=1S/C15H29NOS/c17-10-6-14-5-9-16(11-14)12-15(13-18)7-3-1-2-4-8-15/h14,17-18H,1-13H2. The van der Waals surface area contributed by atoms with E-state index in [-0.39, 0.29) is 0 Å². The van der Waals surface area contributed by atoms with Crippen molar-refractivity contribution in [2.24, 2.45) is 11.3 Å². The SMILES string of the molecule is OCCC1CCN(CC2(CS)CCCCCC2)C1. The Morgan fingerprint density at radius 2 is 1.89 bits per heavy atom. The van der Waals surface area contributed by atoms with Gasteiger partial charge in [0.2, 0.25) is 0 Å². The molecule has 2 fully saturated rings. The smallest absolute Gasteiger partial charge is 0.0434 e. The topological polar surface area (TPSA) is 23.5 Å². The molecule has 1 saturated heterocycles. The molecule has 2 rings (SSSR count). The highest BCUT2D eigenvalue weighted by molar-refractivity contribution is 7.80. The third-order valence-corrected chi connectivity index (χ3v) is 5.64. The van der Waals surface area contributed by atoms with Crippen LogP contribution in [0.2, 0.25) is 0 Å². The average Bonchev–Trinajstić information content (AvgIpc) is 2.67. The van der Waals surface area contributed by atoms with Gasteiger partial charge in [-0.2, -0.15) is 12.6 Å². The Balaban J connectivity index is 1.86. The highest BCUT2D eigenvalue weighted by Gasteiger charge is 2.34. The zero-order valence-corrected chi connectivity index (χ0v) is 12.5. The van der Waals surface area contributed by atoms with Crippen molar-refractivity contribution in [1.82, 2.24) is 4.90 Å². The summed E-state index contributed by atoms with van der Waals surface area (Å²) in [5.41, 5.74) is 0.480. The minimum Gasteiger partial charge on any atom is -0.396 e. The van der Waals surface area contributed by atoms with E-state index in [4.69, 9.17) is 5.11 Å². The molecule has 0 radical (unpaired) electrons. The predicted molar refractivity (Wildman–Crippen MR) is 80.2 cm³/mol. The second-order valence-corrected chi connectivity index (χ2v) is 6.79. The van der Waals surface area contributed by atoms with Crippen molar-refractivity contribution in [3.63, 3.8) is 0 Å². The van der Waals surface area contributed by atoms with Gasteiger partial charge in [-0.25, -0.2) is 0 Å². The van der Waals surface area contributed by atoms with Crippen LogP contribution in [0.3, 0.4) is 0 Å². The van der Waals surface area contributed by atoms with Crippen molar-refractivity contribution in [2.45, 2.75) is 51.4 Å². The Morgan fingerprint density at radius 1 is 1.17 bits per heavy atom. The Bertz CT molecular complexity index is 239. The molecule has 1 N–H and O–H groups in total. The lowest BCUT2D eigenvalue weighted by Crippen LogP contribution is -2.38. The van der Waals surface area contributed by atoms with Crippen LogP contribution in [0.1, 0.15) is 51.4 Å². The van der Waals surface area contributed by atoms with Crippen LogP contribution in [-0.4, -0.2) is 42.0 Å². The fourth-order valence-electron chi connectivity index (χ4n) is 3.79. The Kier molecular flexibility index (Phi) is 5.84. The normalized spacial score (nSPS) is 29.3. The fraction of sp³-hybridized carbons (Fsp3) is 1.00. The summed E-state index contributed by atoms with van der Waals surface area (Å²) in [4.78, 5) is 2.64. The van der Waals surface area contributed by atoms with E-state index >= 15 is 0 Å². The molecule has 2 nitrogen and oxygen atoms in total. The van der Waals surface area contributed by atoms with Crippen LogP contribution in [0.15, 0.2) is 0 Å². The first kappa shape index (κ1) is 14.7. The lowest BCUT2D eigenvalue weighted by atomic mass is 9.81. The molecule has 1 aliphatic carbocycles. The summed E-state index contributed by atoms with van der Waals surface area (Å²) in [6, 6.07) is 0. The van der Waals surface area contributed by atoms with Crippen molar-refractivity contribution in [3.05, 3.63) is 0 Å².